The number of ether oxygens (including phenoxy) is 3. The first-order chi connectivity index (χ1) is 14.3. The molecule has 2 aromatic rings. The van der Waals surface area contributed by atoms with Gasteiger partial charge in [0, 0.05) is 12.1 Å². The maximum atomic E-state index is 12.9. The van der Waals surface area contributed by atoms with Crippen LogP contribution in [0.2, 0.25) is 0 Å². The van der Waals surface area contributed by atoms with Crippen LogP contribution >= 0.6 is 0 Å². The van der Waals surface area contributed by atoms with E-state index >= 15 is 0 Å². The summed E-state index contributed by atoms with van der Waals surface area (Å²) >= 11 is 0. The van der Waals surface area contributed by atoms with Crippen molar-refractivity contribution in [3.8, 4) is 11.5 Å². The van der Waals surface area contributed by atoms with Crippen molar-refractivity contribution < 1.29 is 33.0 Å². The van der Waals surface area contributed by atoms with Gasteiger partial charge in [-0.1, -0.05) is 12.1 Å². The van der Waals surface area contributed by atoms with E-state index in [0.717, 1.165) is 0 Å². The molecule has 2 rings (SSSR count). The van der Waals surface area contributed by atoms with E-state index in [-0.39, 0.29) is 17.9 Å². The Labute approximate surface area is 173 Å². The van der Waals surface area contributed by atoms with Gasteiger partial charge in [0.2, 0.25) is 0 Å². The Kier molecular flexibility index (Phi) is 8.16. The highest BCUT2D eigenvalue weighted by Crippen LogP contribution is 2.27. The van der Waals surface area contributed by atoms with Crippen LogP contribution in [-0.4, -0.2) is 44.7 Å². The minimum Gasteiger partial charge on any atom is -0.493 e. The molecule has 9 heteroatoms. The Bertz CT molecular complexity index is 901. The Hall–Kier alpha value is -3.62. The van der Waals surface area contributed by atoms with E-state index in [1.54, 1.807) is 6.07 Å². The van der Waals surface area contributed by atoms with Crippen LogP contribution in [0.3, 0.4) is 0 Å². The van der Waals surface area contributed by atoms with Crippen LogP contribution in [0.5, 0.6) is 11.5 Å². The summed E-state index contributed by atoms with van der Waals surface area (Å²) < 4.78 is 28.1. The second kappa shape index (κ2) is 10.8. The standard InChI is InChI=1S/C21H23FN2O6/c1-13(20(26)23-11-14-4-7-16(22)8-5-14)30-19(25)12-24-21(27)15-6-9-17(28-2)18(10-15)29-3/h4-10,13H,11-12H2,1-3H3,(H,23,26)(H,24,27). The van der Waals surface area contributed by atoms with E-state index in [9.17, 15) is 18.8 Å². The van der Waals surface area contributed by atoms with Crippen molar-refractivity contribution in [2.75, 3.05) is 20.8 Å². The van der Waals surface area contributed by atoms with E-state index in [0.29, 0.717) is 17.1 Å². The summed E-state index contributed by atoms with van der Waals surface area (Å²) in [7, 11) is 2.92. The average Bonchev–Trinajstić information content (AvgIpc) is 2.76. The first kappa shape index (κ1) is 22.7. The van der Waals surface area contributed by atoms with Crippen molar-refractivity contribution in [3.05, 3.63) is 59.4 Å². The van der Waals surface area contributed by atoms with Crippen LogP contribution in [-0.2, 0) is 20.9 Å². The molecule has 0 radical (unpaired) electrons. The summed E-state index contributed by atoms with van der Waals surface area (Å²) in [4.78, 5) is 36.2. The minimum atomic E-state index is -1.06. The van der Waals surface area contributed by atoms with Gasteiger partial charge in [0.25, 0.3) is 11.8 Å². The third-order valence-corrected chi connectivity index (χ3v) is 4.10. The van der Waals surface area contributed by atoms with Gasteiger partial charge in [-0.15, -0.1) is 0 Å². The van der Waals surface area contributed by atoms with E-state index in [2.05, 4.69) is 10.6 Å². The lowest BCUT2D eigenvalue weighted by Gasteiger charge is -2.14. The number of hydrogen-bond donors (Lipinski definition) is 2. The molecule has 1 atom stereocenters. The number of carbonyl (C=O) groups is 3. The molecule has 1 unspecified atom stereocenters. The highest BCUT2D eigenvalue weighted by atomic mass is 19.1. The highest BCUT2D eigenvalue weighted by Gasteiger charge is 2.18. The van der Waals surface area contributed by atoms with E-state index in [1.165, 1.54) is 57.5 Å². The lowest BCUT2D eigenvalue weighted by molar-refractivity contribution is -0.153. The number of carbonyl (C=O) groups excluding carboxylic acids is 3. The predicted octanol–water partition coefficient (Wildman–Crippen LogP) is 1.82. The quantitative estimate of drug-likeness (QED) is 0.603. The molecular weight excluding hydrogens is 395 g/mol. The molecule has 2 aromatic carbocycles. The topological polar surface area (TPSA) is 103 Å². The zero-order chi connectivity index (χ0) is 22.1. The largest absolute Gasteiger partial charge is 0.493 e. The van der Waals surface area contributed by atoms with Crippen molar-refractivity contribution in [3.63, 3.8) is 0 Å². The molecular formula is C21H23FN2O6. The lowest BCUT2D eigenvalue weighted by atomic mass is 10.2. The molecule has 2 N–H and O–H groups in total. The normalized spacial score (nSPS) is 11.2. The number of esters is 1. The summed E-state index contributed by atoms with van der Waals surface area (Å²) in [5, 5.41) is 5.00. The van der Waals surface area contributed by atoms with Crippen LogP contribution in [0.15, 0.2) is 42.5 Å². The number of amides is 2. The average molecular weight is 418 g/mol. The third-order valence-electron chi connectivity index (χ3n) is 4.10. The molecule has 0 bridgehead atoms. The van der Waals surface area contributed by atoms with Crippen molar-refractivity contribution >= 4 is 17.8 Å². The van der Waals surface area contributed by atoms with Gasteiger partial charge in [0.1, 0.15) is 12.4 Å². The van der Waals surface area contributed by atoms with Crippen molar-refractivity contribution in [2.24, 2.45) is 0 Å². The second-order valence-electron chi connectivity index (χ2n) is 6.23. The van der Waals surface area contributed by atoms with E-state index in [1.807, 2.05) is 0 Å². The molecule has 2 amide bonds. The molecule has 0 aliphatic carbocycles. The van der Waals surface area contributed by atoms with Crippen LogP contribution in [0.4, 0.5) is 4.39 Å². The number of rotatable bonds is 9. The fourth-order valence-corrected chi connectivity index (χ4v) is 2.46. The number of hydrogen-bond acceptors (Lipinski definition) is 6. The zero-order valence-corrected chi connectivity index (χ0v) is 16.9. The van der Waals surface area contributed by atoms with Gasteiger partial charge < -0.3 is 24.8 Å². The van der Waals surface area contributed by atoms with Crippen molar-refractivity contribution in [1.82, 2.24) is 10.6 Å². The van der Waals surface area contributed by atoms with Crippen LogP contribution in [0, 0.1) is 5.82 Å². The van der Waals surface area contributed by atoms with Crippen LogP contribution < -0.4 is 20.1 Å². The van der Waals surface area contributed by atoms with Gasteiger partial charge in [-0.25, -0.2) is 4.39 Å². The molecule has 0 fully saturated rings. The highest BCUT2D eigenvalue weighted by molar-refractivity contribution is 5.96. The fourth-order valence-electron chi connectivity index (χ4n) is 2.46. The minimum absolute atomic E-state index is 0.164. The molecule has 0 saturated heterocycles. The second-order valence-corrected chi connectivity index (χ2v) is 6.23. The number of methoxy groups -OCH3 is 2. The smallest absolute Gasteiger partial charge is 0.326 e. The molecule has 0 heterocycles. The maximum absolute atomic E-state index is 12.9. The van der Waals surface area contributed by atoms with Gasteiger partial charge in [-0.05, 0) is 42.8 Å². The van der Waals surface area contributed by atoms with Gasteiger partial charge in [-0.3, -0.25) is 14.4 Å². The van der Waals surface area contributed by atoms with E-state index in [4.69, 9.17) is 14.2 Å². The first-order valence-corrected chi connectivity index (χ1v) is 9.06. The summed E-state index contributed by atoms with van der Waals surface area (Å²) in [6.07, 6.45) is -1.06. The Morgan fingerprint density at radius 1 is 0.967 bits per heavy atom. The number of halogens is 1. The number of nitrogens with one attached hydrogen (secondary N) is 2. The molecule has 30 heavy (non-hydrogen) atoms. The number of benzene rings is 2. The van der Waals surface area contributed by atoms with Gasteiger partial charge in [0.05, 0.1) is 14.2 Å². The molecule has 8 nitrogen and oxygen atoms in total. The molecule has 0 spiro atoms. The lowest BCUT2D eigenvalue weighted by Crippen LogP contribution is -2.38. The summed E-state index contributed by atoms with van der Waals surface area (Å²) in [6, 6.07) is 10.2. The maximum Gasteiger partial charge on any atom is 0.326 e. The molecule has 0 aliphatic heterocycles. The summed E-state index contributed by atoms with van der Waals surface area (Å²) in [5.74, 6) is -1.33. The zero-order valence-electron chi connectivity index (χ0n) is 16.9. The molecule has 0 aromatic heterocycles. The monoisotopic (exact) mass is 418 g/mol. The molecule has 0 saturated carbocycles. The Morgan fingerprint density at radius 2 is 1.63 bits per heavy atom. The van der Waals surface area contributed by atoms with Crippen LogP contribution in [0.1, 0.15) is 22.8 Å². The van der Waals surface area contributed by atoms with Gasteiger partial charge >= 0.3 is 5.97 Å². The molecule has 0 aliphatic rings. The summed E-state index contributed by atoms with van der Waals surface area (Å²) in [6.45, 7) is 1.16. The SMILES string of the molecule is COc1ccc(C(=O)NCC(=O)OC(C)C(=O)NCc2ccc(F)cc2)cc1OC. The van der Waals surface area contributed by atoms with E-state index < -0.39 is 30.4 Å². The van der Waals surface area contributed by atoms with Gasteiger partial charge in [0.15, 0.2) is 17.6 Å². The van der Waals surface area contributed by atoms with Crippen LogP contribution in [0.25, 0.3) is 0 Å². The third kappa shape index (κ3) is 6.47. The Morgan fingerprint density at radius 3 is 2.27 bits per heavy atom. The fraction of sp³-hybridized carbons (Fsp3) is 0.286. The van der Waals surface area contributed by atoms with Gasteiger partial charge in [-0.2, -0.15) is 0 Å². The summed E-state index contributed by atoms with van der Waals surface area (Å²) in [5.41, 5.74) is 0.969. The predicted molar refractivity (Wildman–Crippen MR) is 106 cm³/mol. The van der Waals surface area contributed by atoms with Crippen molar-refractivity contribution in [1.29, 1.82) is 0 Å². The first-order valence-electron chi connectivity index (χ1n) is 9.06. The Balaban J connectivity index is 1.79. The molecule has 160 valence electrons. The van der Waals surface area contributed by atoms with Crippen molar-refractivity contribution in [2.45, 2.75) is 19.6 Å².